The Morgan fingerprint density at radius 2 is 1.92 bits per heavy atom. The molecule has 2 aromatic heterocycles. The van der Waals surface area contributed by atoms with Crippen molar-refractivity contribution >= 4 is 22.7 Å². The zero-order chi connectivity index (χ0) is 25.9. The minimum atomic E-state index is -0.0298. The lowest BCUT2D eigenvalue weighted by molar-refractivity contribution is 0.0827. The predicted molar refractivity (Wildman–Crippen MR) is 144 cm³/mol. The zero-order valence-electron chi connectivity index (χ0n) is 21.4. The molecule has 7 heteroatoms. The van der Waals surface area contributed by atoms with Crippen LogP contribution < -0.4 is 5.32 Å². The van der Waals surface area contributed by atoms with E-state index >= 15 is 0 Å². The number of pyridine rings is 1. The van der Waals surface area contributed by atoms with Gasteiger partial charge in [-0.1, -0.05) is 19.1 Å². The molecule has 1 aliphatic rings. The number of benzene rings is 2. The van der Waals surface area contributed by atoms with Gasteiger partial charge in [-0.25, -0.2) is 0 Å². The maximum Gasteiger partial charge on any atom is 0.253 e. The lowest BCUT2D eigenvalue weighted by atomic mass is 9.99. The van der Waals surface area contributed by atoms with Crippen molar-refractivity contribution in [2.75, 3.05) is 32.6 Å². The highest BCUT2D eigenvalue weighted by atomic mass is 16.5. The van der Waals surface area contributed by atoms with E-state index in [1.54, 1.807) is 25.2 Å². The number of anilines is 1. The van der Waals surface area contributed by atoms with E-state index in [4.69, 9.17) is 9.15 Å². The molecular weight excluding hydrogens is 464 g/mol. The Labute approximate surface area is 216 Å². The summed E-state index contributed by atoms with van der Waals surface area (Å²) < 4.78 is 11.8. The van der Waals surface area contributed by atoms with Gasteiger partial charge in [0, 0.05) is 62.3 Å². The van der Waals surface area contributed by atoms with Crippen molar-refractivity contribution in [1.29, 1.82) is 5.26 Å². The van der Waals surface area contributed by atoms with Crippen molar-refractivity contribution in [2.45, 2.75) is 32.2 Å². The smallest absolute Gasteiger partial charge is 0.253 e. The number of nitriles is 1. The van der Waals surface area contributed by atoms with Gasteiger partial charge >= 0.3 is 0 Å². The lowest BCUT2D eigenvalue weighted by Gasteiger charge is -2.24. The van der Waals surface area contributed by atoms with Crippen LogP contribution in [0.1, 0.15) is 41.3 Å². The fourth-order valence-electron chi connectivity index (χ4n) is 4.81. The Kier molecular flexibility index (Phi) is 6.93. The highest BCUT2D eigenvalue weighted by molar-refractivity contribution is 5.96. The van der Waals surface area contributed by atoms with Crippen LogP contribution in [0.3, 0.4) is 0 Å². The molecule has 37 heavy (non-hydrogen) atoms. The van der Waals surface area contributed by atoms with Crippen LogP contribution in [-0.4, -0.2) is 49.1 Å². The number of furan rings is 1. The Hall–Kier alpha value is -4.15. The van der Waals surface area contributed by atoms with Crippen LogP contribution in [0.15, 0.2) is 59.1 Å². The molecule has 0 bridgehead atoms. The quantitative estimate of drug-likeness (QED) is 0.359. The minimum Gasteiger partial charge on any atom is -0.454 e. The third kappa shape index (κ3) is 4.93. The summed E-state index contributed by atoms with van der Waals surface area (Å²) in [5.74, 6) is 0.673. The van der Waals surface area contributed by atoms with E-state index in [9.17, 15) is 10.1 Å². The number of carbonyl (C=O) groups is 1. The summed E-state index contributed by atoms with van der Waals surface area (Å²) in [4.78, 5) is 18.6. The number of hydrogen-bond acceptors (Lipinski definition) is 6. The van der Waals surface area contributed by atoms with Crippen molar-refractivity contribution in [1.82, 2.24) is 9.88 Å². The summed E-state index contributed by atoms with van der Waals surface area (Å²) in [5.41, 5.74) is 7.23. The van der Waals surface area contributed by atoms with Gasteiger partial charge in [0.25, 0.3) is 5.91 Å². The van der Waals surface area contributed by atoms with E-state index in [1.165, 1.54) is 0 Å². The Balaban J connectivity index is 1.51. The number of aromatic nitrogens is 1. The third-order valence-electron chi connectivity index (χ3n) is 6.85. The minimum absolute atomic E-state index is 0.0298. The van der Waals surface area contributed by atoms with Crippen molar-refractivity contribution in [2.24, 2.45) is 0 Å². The second kappa shape index (κ2) is 10.5. The average Bonchev–Trinajstić information content (AvgIpc) is 3.37. The largest absolute Gasteiger partial charge is 0.454 e. The van der Waals surface area contributed by atoms with Gasteiger partial charge in [0.05, 0.1) is 11.3 Å². The highest BCUT2D eigenvalue weighted by Gasteiger charge is 2.19. The molecule has 0 unspecified atom stereocenters. The number of nitrogens with zero attached hydrogens (tertiary/aromatic N) is 3. The van der Waals surface area contributed by atoms with E-state index in [1.807, 2.05) is 48.5 Å². The van der Waals surface area contributed by atoms with E-state index in [0.29, 0.717) is 28.5 Å². The molecule has 0 aliphatic carbocycles. The first-order valence-corrected chi connectivity index (χ1v) is 12.6. The van der Waals surface area contributed by atoms with Crippen LogP contribution in [0.2, 0.25) is 0 Å². The number of carbonyl (C=O) groups excluding carboxylic acids is 1. The summed E-state index contributed by atoms with van der Waals surface area (Å²) in [6, 6.07) is 18.1. The molecule has 0 saturated carbocycles. The first-order valence-electron chi connectivity index (χ1n) is 12.6. The van der Waals surface area contributed by atoms with Gasteiger partial charge in [0.15, 0.2) is 5.58 Å². The number of hydrogen-bond donors (Lipinski definition) is 1. The van der Waals surface area contributed by atoms with Crippen LogP contribution in [0, 0.1) is 11.3 Å². The molecule has 188 valence electrons. The molecule has 0 atom stereocenters. The molecule has 4 aromatic rings. The SMILES string of the molecule is CCc1cc(C(=O)N(C)C)ccc1-c1cc2nccc(-c3ccc(NC4CCOCC4)c(C#N)c3)c2o1. The summed E-state index contributed by atoms with van der Waals surface area (Å²) >= 11 is 0. The molecule has 1 aliphatic heterocycles. The van der Waals surface area contributed by atoms with Crippen molar-refractivity contribution in [3.8, 4) is 28.5 Å². The lowest BCUT2D eigenvalue weighted by Crippen LogP contribution is -2.28. The number of fused-ring (bicyclic) bond motifs is 1. The Morgan fingerprint density at radius 3 is 2.65 bits per heavy atom. The van der Waals surface area contributed by atoms with Gasteiger partial charge in [0.2, 0.25) is 0 Å². The van der Waals surface area contributed by atoms with Gasteiger partial charge in [-0.2, -0.15) is 5.26 Å². The number of ether oxygens (including phenoxy) is 1. The van der Waals surface area contributed by atoms with Crippen molar-refractivity contribution in [3.05, 3.63) is 71.4 Å². The molecule has 0 spiro atoms. The first kappa shape index (κ1) is 24.5. The molecule has 0 radical (unpaired) electrons. The van der Waals surface area contributed by atoms with E-state index in [0.717, 1.165) is 65.9 Å². The molecule has 1 saturated heterocycles. The zero-order valence-corrected chi connectivity index (χ0v) is 21.4. The Morgan fingerprint density at radius 1 is 1.11 bits per heavy atom. The average molecular weight is 495 g/mol. The van der Waals surface area contributed by atoms with Gasteiger partial charge < -0.3 is 19.4 Å². The van der Waals surface area contributed by atoms with E-state index in [2.05, 4.69) is 23.3 Å². The fraction of sp³-hybridized carbons (Fsp3) is 0.300. The number of amides is 1. The van der Waals surface area contributed by atoms with E-state index < -0.39 is 0 Å². The van der Waals surface area contributed by atoms with Gasteiger partial charge in [-0.05, 0) is 60.7 Å². The topological polar surface area (TPSA) is 91.4 Å². The van der Waals surface area contributed by atoms with Gasteiger partial charge in [0.1, 0.15) is 17.3 Å². The van der Waals surface area contributed by atoms with Crippen LogP contribution >= 0.6 is 0 Å². The van der Waals surface area contributed by atoms with Crippen molar-refractivity contribution in [3.63, 3.8) is 0 Å². The summed E-state index contributed by atoms with van der Waals surface area (Å²) in [6.45, 7) is 3.54. The monoisotopic (exact) mass is 494 g/mol. The molecule has 2 aromatic carbocycles. The standard InChI is InChI=1S/C30H30N4O3/c1-4-19-15-21(30(35)34(2)3)5-7-24(19)28-17-27-29(37-28)25(9-12-32-27)20-6-8-26(22(16-20)18-31)33-23-10-13-36-14-11-23/h5-9,12,15-17,23,33H,4,10-11,13-14H2,1-3H3. The Bertz CT molecular complexity index is 1490. The number of aryl methyl sites for hydroxylation is 1. The summed E-state index contributed by atoms with van der Waals surface area (Å²) in [7, 11) is 3.50. The maximum atomic E-state index is 12.5. The number of nitrogens with one attached hydrogen (secondary N) is 1. The molecule has 1 amide bonds. The summed E-state index contributed by atoms with van der Waals surface area (Å²) in [5, 5.41) is 13.4. The van der Waals surface area contributed by atoms with E-state index in [-0.39, 0.29) is 5.91 Å². The molecule has 3 heterocycles. The normalized spacial score (nSPS) is 13.9. The molecule has 5 rings (SSSR count). The predicted octanol–water partition coefficient (Wildman–Crippen LogP) is 5.89. The van der Waals surface area contributed by atoms with Crippen LogP contribution in [0.5, 0.6) is 0 Å². The maximum absolute atomic E-state index is 12.5. The summed E-state index contributed by atoms with van der Waals surface area (Å²) in [6.07, 6.45) is 4.37. The van der Waals surface area contributed by atoms with Gasteiger partial charge in [-0.15, -0.1) is 0 Å². The molecule has 1 N–H and O–H groups in total. The molecule has 1 fully saturated rings. The third-order valence-corrected chi connectivity index (χ3v) is 6.85. The van der Waals surface area contributed by atoms with Crippen LogP contribution in [0.25, 0.3) is 33.6 Å². The first-order chi connectivity index (χ1) is 18.0. The second-order valence-electron chi connectivity index (χ2n) is 9.51. The second-order valence-corrected chi connectivity index (χ2v) is 9.51. The highest BCUT2D eigenvalue weighted by Crippen LogP contribution is 2.36. The fourth-order valence-corrected chi connectivity index (χ4v) is 4.81. The number of rotatable bonds is 6. The van der Waals surface area contributed by atoms with Crippen LogP contribution in [-0.2, 0) is 11.2 Å². The van der Waals surface area contributed by atoms with Crippen molar-refractivity contribution < 1.29 is 13.9 Å². The van der Waals surface area contributed by atoms with Gasteiger partial charge in [-0.3, -0.25) is 9.78 Å². The molecule has 7 nitrogen and oxygen atoms in total. The molecular formula is C30H30N4O3. The van der Waals surface area contributed by atoms with Crippen LogP contribution in [0.4, 0.5) is 5.69 Å².